The lowest BCUT2D eigenvalue weighted by Gasteiger charge is -2.23. The van der Waals surface area contributed by atoms with Crippen molar-refractivity contribution in [3.63, 3.8) is 0 Å². The second-order valence-corrected chi connectivity index (χ2v) is 6.33. The summed E-state index contributed by atoms with van der Waals surface area (Å²) in [5.41, 5.74) is 5.87. The lowest BCUT2D eigenvalue weighted by molar-refractivity contribution is -0.122. The lowest BCUT2D eigenvalue weighted by Crippen LogP contribution is -2.38. The summed E-state index contributed by atoms with van der Waals surface area (Å²) in [7, 11) is 0. The van der Waals surface area contributed by atoms with E-state index in [9.17, 15) is 9.90 Å². The summed E-state index contributed by atoms with van der Waals surface area (Å²) in [4.78, 5) is 11.5. The lowest BCUT2D eigenvalue weighted by atomic mass is 9.89. The minimum atomic E-state index is -0.491. The van der Waals surface area contributed by atoms with E-state index in [1.807, 2.05) is 13.8 Å². The molecule has 0 bridgehead atoms. The average molecular weight is 244 g/mol. The molecule has 1 amide bonds. The van der Waals surface area contributed by atoms with Gasteiger partial charge < -0.3 is 16.2 Å². The molecule has 0 aliphatic rings. The molecular weight excluding hydrogens is 216 g/mol. The number of carbonyl (C=O) groups excluding carboxylic acids is 1. The molecule has 0 spiro atoms. The van der Waals surface area contributed by atoms with Crippen LogP contribution in [0.25, 0.3) is 0 Å². The van der Waals surface area contributed by atoms with Gasteiger partial charge in [-0.1, -0.05) is 34.6 Å². The number of nitrogens with two attached hydrogens (primary N) is 1. The van der Waals surface area contributed by atoms with E-state index in [1.165, 1.54) is 0 Å². The quantitative estimate of drug-likeness (QED) is 0.658. The topological polar surface area (TPSA) is 75.4 Å². The van der Waals surface area contributed by atoms with E-state index in [1.54, 1.807) is 0 Å². The first kappa shape index (κ1) is 16.4. The molecule has 0 heterocycles. The highest BCUT2D eigenvalue weighted by atomic mass is 16.3. The van der Waals surface area contributed by atoms with Crippen molar-refractivity contribution in [1.29, 1.82) is 0 Å². The summed E-state index contributed by atoms with van der Waals surface area (Å²) in [5.74, 6) is 0.208. The van der Waals surface area contributed by atoms with E-state index in [0.29, 0.717) is 25.3 Å². The number of amides is 1. The Morgan fingerprint density at radius 3 is 2.29 bits per heavy atom. The van der Waals surface area contributed by atoms with Crippen LogP contribution in [-0.4, -0.2) is 29.7 Å². The maximum absolute atomic E-state index is 11.5. The molecule has 0 aromatic carbocycles. The van der Waals surface area contributed by atoms with Crippen LogP contribution in [0.4, 0.5) is 0 Å². The molecule has 0 rings (SSSR count). The Kier molecular flexibility index (Phi) is 6.72. The van der Waals surface area contributed by atoms with E-state index in [-0.39, 0.29) is 17.4 Å². The average Bonchev–Trinajstić information content (AvgIpc) is 2.11. The van der Waals surface area contributed by atoms with Gasteiger partial charge in [-0.2, -0.15) is 0 Å². The number of aliphatic hydroxyl groups excluding tert-OH is 1. The third kappa shape index (κ3) is 9.12. The first-order valence-corrected chi connectivity index (χ1v) is 6.32. The maximum Gasteiger partial charge on any atom is 0.221 e. The SMILES string of the molecule is CC(C)C(N)CC(=O)NCC(O)CC(C)(C)C. The molecule has 0 aromatic rings. The molecule has 0 radical (unpaired) electrons. The van der Waals surface area contributed by atoms with Crippen molar-refractivity contribution in [2.45, 2.75) is 59.6 Å². The number of nitrogens with one attached hydrogen (secondary N) is 1. The first-order chi connectivity index (χ1) is 7.61. The Morgan fingerprint density at radius 1 is 1.35 bits per heavy atom. The van der Waals surface area contributed by atoms with Crippen LogP contribution in [0.2, 0.25) is 0 Å². The summed E-state index contributed by atoms with van der Waals surface area (Å²) >= 11 is 0. The molecule has 0 aliphatic carbocycles. The largest absolute Gasteiger partial charge is 0.391 e. The van der Waals surface area contributed by atoms with Crippen molar-refractivity contribution in [2.75, 3.05) is 6.54 Å². The van der Waals surface area contributed by atoms with Crippen LogP contribution in [0.3, 0.4) is 0 Å². The zero-order valence-electron chi connectivity index (χ0n) is 11.8. The zero-order chi connectivity index (χ0) is 13.6. The van der Waals surface area contributed by atoms with Gasteiger partial charge in [0.2, 0.25) is 5.91 Å². The van der Waals surface area contributed by atoms with E-state index in [2.05, 4.69) is 26.1 Å². The normalized spacial score (nSPS) is 15.8. The first-order valence-electron chi connectivity index (χ1n) is 6.32. The molecule has 102 valence electrons. The maximum atomic E-state index is 11.5. The second-order valence-electron chi connectivity index (χ2n) is 6.33. The predicted octanol–water partition coefficient (Wildman–Crippen LogP) is 1.27. The van der Waals surface area contributed by atoms with E-state index in [0.717, 1.165) is 0 Å². The summed E-state index contributed by atoms with van der Waals surface area (Å²) in [5, 5.41) is 12.5. The molecule has 0 fully saturated rings. The van der Waals surface area contributed by atoms with Gasteiger partial charge >= 0.3 is 0 Å². The van der Waals surface area contributed by atoms with Gasteiger partial charge in [-0.05, 0) is 17.8 Å². The Labute approximate surface area is 105 Å². The van der Waals surface area contributed by atoms with E-state index < -0.39 is 6.10 Å². The molecule has 2 unspecified atom stereocenters. The highest BCUT2D eigenvalue weighted by Gasteiger charge is 2.18. The number of hydrogen-bond acceptors (Lipinski definition) is 3. The third-order valence-corrected chi connectivity index (χ3v) is 2.66. The Balaban J connectivity index is 3.85. The van der Waals surface area contributed by atoms with Crippen LogP contribution in [0, 0.1) is 11.3 Å². The third-order valence-electron chi connectivity index (χ3n) is 2.66. The van der Waals surface area contributed by atoms with Gasteiger partial charge in [-0.15, -0.1) is 0 Å². The van der Waals surface area contributed by atoms with E-state index in [4.69, 9.17) is 5.73 Å². The smallest absolute Gasteiger partial charge is 0.221 e. The fourth-order valence-electron chi connectivity index (χ4n) is 1.53. The van der Waals surface area contributed by atoms with Crippen molar-refractivity contribution in [3.8, 4) is 0 Å². The minimum absolute atomic E-state index is 0.0679. The van der Waals surface area contributed by atoms with Crippen LogP contribution in [0.15, 0.2) is 0 Å². The van der Waals surface area contributed by atoms with Gasteiger partial charge in [0.05, 0.1) is 6.10 Å². The number of hydrogen-bond donors (Lipinski definition) is 3. The zero-order valence-corrected chi connectivity index (χ0v) is 11.8. The van der Waals surface area contributed by atoms with Crippen molar-refractivity contribution < 1.29 is 9.90 Å². The van der Waals surface area contributed by atoms with Crippen molar-refractivity contribution in [2.24, 2.45) is 17.1 Å². The van der Waals surface area contributed by atoms with Crippen LogP contribution < -0.4 is 11.1 Å². The predicted molar refractivity (Wildman–Crippen MR) is 70.5 cm³/mol. The molecular formula is C13H28N2O2. The van der Waals surface area contributed by atoms with Crippen LogP contribution in [0.1, 0.15) is 47.5 Å². The molecule has 0 aromatic heterocycles. The summed E-state index contributed by atoms with van der Waals surface area (Å²) < 4.78 is 0. The summed E-state index contributed by atoms with van der Waals surface area (Å²) in [6.45, 7) is 10.5. The Hall–Kier alpha value is -0.610. The molecule has 2 atom stereocenters. The molecule has 17 heavy (non-hydrogen) atoms. The Morgan fingerprint density at radius 2 is 1.88 bits per heavy atom. The molecule has 4 heteroatoms. The van der Waals surface area contributed by atoms with Gasteiger partial charge in [0, 0.05) is 19.0 Å². The summed E-state index contributed by atoms with van der Waals surface area (Å²) in [6.07, 6.45) is 0.498. The van der Waals surface area contributed by atoms with E-state index >= 15 is 0 Å². The highest BCUT2D eigenvalue weighted by molar-refractivity contribution is 5.76. The van der Waals surface area contributed by atoms with Crippen molar-refractivity contribution in [1.82, 2.24) is 5.32 Å². The van der Waals surface area contributed by atoms with Crippen molar-refractivity contribution >= 4 is 5.91 Å². The molecule has 0 aliphatic heterocycles. The Bertz CT molecular complexity index is 234. The van der Waals surface area contributed by atoms with Gasteiger partial charge in [0.1, 0.15) is 0 Å². The monoisotopic (exact) mass is 244 g/mol. The second kappa shape index (κ2) is 6.97. The standard InChI is InChI=1S/C13H28N2O2/c1-9(2)11(14)6-12(17)15-8-10(16)7-13(3,4)5/h9-11,16H,6-8,14H2,1-5H3,(H,15,17). The molecule has 4 nitrogen and oxygen atoms in total. The highest BCUT2D eigenvalue weighted by Crippen LogP contribution is 2.20. The van der Waals surface area contributed by atoms with Crippen molar-refractivity contribution in [3.05, 3.63) is 0 Å². The number of carbonyl (C=O) groups is 1. The fraction of sp³-hybridized carbons (Fsp3) is 0.923. The van der Waals surface area contributed by atoms with Crippen LogP contribution in [0.5, 0.6) is 0 Å². The van der Waals surface area contributed by atoms with Gasteiger partial charge in [-0.3, -0.25) is 4.79 Å². The van der Waals surface area contributed by atoms with Gasteiger partial charge in [0.15, 0.2) is 0 Å². The molecule has 0 saturated carbocycles. The van der Waals surface area contributed by atoms with Crippen LogP contribution in [-0.2, 0) is 4.79 Å². The van der Waals surface area contributed by atoms with Gasteiger partial charge in [-0.25, -0.2) is 0 Å². The van der Waals surface area contributed by atoms with Gasteiger partial charge in [0.25, 0.3) is 0 Å². The van der Waals surface area contributed by atoms with Crippen LogP contribution >= 0.6 is 0 Å². The minimum Gasteiger partial charge on any atom is -0.391 e. The molecule has 0 saturated heterocycles. The number of rotatable bonds is 6. The molecule has 4 N–H and O–H groups in total. The fourth-order valence-corrected chi connectivity index (χ4v) is 1.53. The number of aliphatic hydroxyl groups is 1. The summed E-state index contributed by atoms with van der Waals surface area (Å²) in [6, 6.07) is -0.116.